The van der Waals surface area contributed by atoms with Crippen molar-refractivity contribution in [3.05, 3.63) is 103 Å². The molecule has 0 radical (unpaired) electrons. The van der Waals surface area contributed by atoms with Crippen LogP contribution in [0.2, 0.25) is 0 Å². The summed E-state index contributed by atoms with van der Waals surface area (Å²) in [5, 5.41) is 8.02. The van der Waals surface area contributed by atoms with Crippen LogP contribution in [0, 0.1) is 0 Å². The molecule has 0 aliphatic carbocycles. The molecular formula is C27H27N5O. The average Bonchev–Trinajstić information content (AvgIpc) is 3.33. The van der Waals surface area contributed by atoms with Crippen molar-refractivity contribution in [2.24, 2.45) is 0 Å². The van der Waals surface area contributed by atoms with Gasteiger partial charge in [-0.1, -0.05) is 54.6 Å². The first-order valence-electron chi connectivity index (χ1n) is 11.4. The zero-order valence-electron chi connectivity index (χ0n) is 18.5. The number of benzene rings is 2. The van der Waals surface area contributed by atoms with E-state index in [9.17, 15) is 4.79 Å². The first-order chi connectivity index (χ1) is 16.3. The molecule has 6 heteroatoms. The predicted molar refractivity (Wildman–Crippen MR) is 129 cm³/mol. The molecule has 2 aromatic heterocycles. The maximum atomic E-state index is 13.3. The number of piperidine rings is 1. The van der Waals surface area contributed by atoms with Crippen molar-refractivity contribution in [3.8, 4) is 16.9 Å². The number of pyridine rings is 1. The Labute approximate surface area is 193 Å². The average molecular weight is 438 g/mol. The second-order valence-electron chi connectivity index (χ2n) is 8.38. The van der Waals surface area contributed by atoms with E-state index in [0.29, 0.717) is 11.3 Å². The minimum atomic E-state index is -0.0702. The molecule has 4 aromatic rings. The lowest BCUT2D eigenvalue weighted by atomic mass is 10.0. The van der Waals surface area contributed by atoms with E-state index in [0.717, 1.165) is 49.4 Å². The Balaban J connectivity index is 1.30. The minimum Gasteiger partial charge on any atom is -0.349 e. The Hall–Kier alpha value is -3.77. The third kappa shape index (κ3) is 5.02. The molecule has 1 fully saturated rings. The maximum absolute atomic E-state index is 13.3. The van der Waals surface area contributed by atoms with Gasteiger partial charge in [0.1, 0.15) is 5.69 Å². The highest BCUT2D eigenvalue weighted by Gasteiger charge is 2.24. The van der Waals surface area contributed by atoms with E-state index >= 15 is 0 Å². The molecule has 1 aliphatic rings. The van der Waals surface area contributed by atoms with Gasteiger partial charge in [-0.2, -0.15) is 5.10 Å². The summed E-state index contributed by atoms with van der Waals surface area (Å²) in [7, 11) is 0. The molecule has 1 saturated heterocycles. The zero-order chi connectivity index (χ0) is 22.5. The third-order valence-electron chi connectivity index (χ3n) is 6.06. The fourth-order valence-electron chi connectivity index (χ4n) is 4.28. The summed E-state index contributed by atoms with van der Waals surface area (Å²) in [5.74, 6) is -0.0702. The van der Waals surface area contributed by atoms with Gasteiger partial charge in [-0.3, -0.25) is 14.7 Å². The molecule has 0 saturated carbocycles. The van der Waals surface area contributed by atoms with E-state index in [1.807, 2.05) is 85.2 Å². The van der Waals surface area contributed by atoms with Crippen LogP contribution in [0.4, 0.5) is 0 Å². The van der Waals surface area contributed by atoms with Gasteiger partial charge in [-0.25, -0.2) is 4.68 Å². The Bertz CT molecular complexity index is 1180. The molecule has 0 atom stereocenters. The number of carbonyl (C=O) groups excluding carboxylic acids is 1. The molecule has 6 nitrogen and oxygen atoms in total. The predicted octanol–water partition coefficient (Wildman–Crippen LogP) is 4.33. The van der Waals surface area contributed by atoms with Crippen LogP contribution < -0.4 is 5.32 Å². The van der Waals surface area contributed by atoms with Crippen LogP contribution >= 0.6 is 0 Å². The van der Waals surface area contributed by atoms with Crippen LogP contribution in [0.1, 0.15) is 28.9 Å². The Kier molecular flexibility index (Phi) is 6.26. The monoisotopic (exact) mass is 437 g/mol. The number of para-hydroxylation sites is 1. The molecule has 0 bridgehead atoms. The first kappa shape index (κ1) is 21.1. The minimum absolute atomic E-state index is 0.0702. The second kappa shape index (κ2) is 9.79. The summed E-state index contributed by atoms with van der Waals surface area (Å²) in [5.41, 5.74) is 4.24. The summed E-state index contributed by atoms with van der Waals surface area (Å²) < 4.78 is 1.78. The van der Waals surface area contributed by atoms with E-state index in [-0.39, 0.29) is 11.9 Å². The molecule has 33 heavy (non-hydrogen) atoms. The molecule has 0 spiro atoms. The smallest absolute Gasteiger partial charge is 0.255 e. The number of nitrogens with one attached hydrogen (secondary N) is 1. The lowest BCUT2D eigenvalue weighted by Crippen LogP contribution is -2.44. The van der Waals surface area contributed by atoms with Gasteiger partial charge in [0.05, 0.1) is 16.9 Å². The van der Waals surface area contributed by atoms with Gasteiger partial charge in [0.2, 0.25) is 0 Å². The SMILES string of the molecule is O=C(NC1CCN(Cc2ccccn2)CC1)c1cn(-c2ccccc2)nc1-c1ccccc1. The number of hydrogen-bond acceptors (Lipinski definition) is 4. The standard InChI is InChI=1S/C27H27N5O/c33-27(29-22-14-17-31(18-15-22)19-23-11-7-8-16-28-23)25-20-32(24-12-5-2-6-13-24)30-26(25)21-9-3-1-4-10-21/h1-13,16,20,22H,14-15,17-19H2,(H,29,33). The number of amides is 1. The van der Waals surface area contributed by atoms with Crippen LogP contribution in [-0.4, -0.2) is 44.7 Å². The maximum Gasteiger partial charge on any atom is 0.255 e. The molecule has 1 amide bonds. The number of likely N-dealkylation sites (tertiary alicyclic amines) is 1. The fourth-order valence-corrected chi connectivity index (χ4v) is 4.28. The van der Waals surface area contributed by atoms with E-state index in [1.165, 1.54) is 0 Å². The van der Waals surface area contributed by atoms with Gasteiger partial charge in [-0.15, -0.1) is 0 Å². The van der Waals surface area contributed by atoms with Gasteiger partial charge < -0.3 is 5.32 Å². The van der Waals surface area contributed by atoms with Gasteiger partial charge in [0, 0.05) is 43.6 Å². The van der Waals surface area contributed by atoms with Crippen LogP contribution in [-0.2, 0) is 6.54 Å². The number of hydrogen-bond donors (Lipinski definition) is 1. The lowest BCUT2D eigenvalue weighted by molar-refractivity contribution is 0.0909. The number of carbonyl (C=O) groups is 1. The summed E-state index contributed by atoms with van der Waals surface area (Å²) >= 11 is 0. The van der Waals surface area contributed by atoms with Crippen LogP contribution in [0.25, 0.3) is 16.9 Å². The molecule has 2 aromatic carbocycles. The van der Waals surface area contributed by atoms with Crippen molar-refractivity contribution >= 4 is 5.91 Å². The molecular weight excluding hydrogens is 410 g/mol. The van der Waals surface area contributed by atoms with E-state index in [2.05, 4.69) is 21.3 Å². The molecule has 1 N–H and O–H groups in total. The van der Waals surface area contributed by atoms with Crippen LogP contribution in [0.3, 0.4) is 0 Å². The van der Waals surface area contributed by atoms with E-state index in [4.69, 9.17) is 5.10 Å². The summed E-state index contributed by atoms with van der Waals surface area (Å²) in [6, 6.07) is 25.9. The van der Waals surface area contributed by atoms with Crippen molar-refractivity contribution in [2.45, 2.75) is 25.4 Å². The quantitative estimate of drug-likeness (QED) is 0.488. The lowest BCUT2D eigenvalue weighted by Gasteiger charge is -2.32. The van der Waals surface area contributed by atoms with Gasteiger partial charge in [-0.05, 0) is 37.1 Å². The topological polar surface area (TPSA) is 63.1 Å². The highest BCUT2D eigenvalue weighted by molar-refractivity contribution is 6.00. The van der Waals surface area contributed by atoms with Gasteiger partial charge in [0.25, 0.3) is 5.91 Å². The summed E-state index contributed by atoms with van der Waals surface area (Å²) in [4.78, 5) is 20.2. The highest BCUT2D eigenvalue weighted by atomic mass is 16.1. The Morgan fingerprint density at radius 2 is 1.61 bits per heavy atom. The van der Waals surface area contributed by atoms with Crippen molar-refractivity contribution in [2.75, 3.05) is 13.1 Å². The van der Waals surface area contributed by atoms with Crippen molar-refractivity contribution in [1.29, 1.82) is 0 Å². The Morgan fingerprint density at radius 1 is 0.909 bits per heavy atom. The summed E-state index contributed by atoms with van der Waals surface area (Å²) in [6.45, 7) is 2.73. The molecule has 0 unspecified atom stereocenters. The second-order valence-corrected chi connectivity index (χ2v) is 8.38. The highest BCUT2D eigenvalue weighted by Crippen LogP contribution is 2.24. The third-order valence-corrected chi connectivity index (χ3v) is 6.06. The molecule has 5 rings (SSSR count). The Morgan fingerprint density at radius 3 is 2.30 bits per heavy atom. The normalized spacial score (nSPS) is 14.8. The molecule has 166 valence electrons. The van der Waals surface area contributed by atoms with Crippen LogP contribution in [0.5, 0.6) is 0 Å². The first-order valence-corrected chi connectivity index (χ1v) is 11.4. The molecule has 3 heterocycles. The van der Waals surface area contributed by atoms with Crippen LogP contribution in [0.15, 0.2) is 91.3 Å². The molecule has 1 aliphatic heterocycles. The van der Waals surface area contributed by atoms with Crippen molar-refractivity contribution < 1.29 is 4.79 Å². The zero-order valence-corrected chi connectivity index (χ0v) is 18.5. The van der Waals surface area contributed by atoms with E-state index in [1.54, 1.807) is 4.68 Å². The van der Waals surface area contributed by atoms with Gasteiger partial charge in [0.15, 0.2) is 0 Å². The number of aromatic nitrogens is 3. The summed E-state index contributed by atoms with van der Waals surface area (Å²) in [6.07, 6.45) is 5.52. The van der Waals surface area contributed by atoms with Crippen molar-refractivity contribution in [1.82, 2.24) is 25.0 Å². The largest absolute Gasteiger partial charge is 0.349 e. The van der Waals surface area contributed by atoms with Crippen molar-refractivity contribution in [3.63, 3.8) is 0 Å². The number of rotatable bonds is 6. The fraction of sp³-hybridized carbons (Fsp3) is 0.222. The van der Waals surface area contributed by atoms with E-state index < -0.39 is 0 Å². The van der Waals surface area contributed by atoms with Gasteiger partial charge >= 0.3 is 0 Å². The number of nitrogens with zero attached hydrogens (tertiary/aromatic N) is 4.